The predicted molar refractivity (Wildman–Crippen MR) is 123 cm³/mol. The number of nitrogens with zero attached hydrogens (tertiary/aromatic N) is 2. The molecule has 1 saturated heterocycles. The van der Waals surface area contributed by atoms with Crippen molar-refractivity contribution in [3.05, 3.63) is 89.2 Å². The number of nitrogens with one attached hydrogen (secondary N) is 1. The van der Waals surface area contributed by atoms with Crippen LogP contribution < -0.4 is 10.2 Å². The Morgan fingerprint density at radius 3 is 2.28 bits per heavy atom. The Hall–Kier alpha value is -2.94. The van der Waals surface area contributed by atoms with Crippen LogP contribution in [0.2, 0.25) is 5.02 Å². The van der Waals surface area contributed by atoms with Gasteiger partial charge in [-0.3, -0.25) is 4.79 Å². The van der Waals surface area contributed by atoms with E-state index in [0.717, 1.165) is 5.69 Å². The van der Waals surface area contributed by atoms with Crippen molar-refractivity contribution in [1.29, 1.82) is 0 Å². The number of hydrogen-bond donors (Lipinski definition) is 1. The fourth-order valence-electron chi connectivity index (χ4n) is 3.55. The maximum absolute atomic E-state index is 13.2. The molecule has 0 unspecified atom stereocenters. The van der Waals surface area contributed by atoms with Gasteiger partial charge < -0.3 is 10.2 Å². The lowest BCUT2D eigenvalue weighted by molar-refractivity contribution is 0.102. The summed E-state index contributed by atoms with van der Waals surface area (Å²) < 4.78 is 40.9. The zero-order valence-electron chi connectivity index (χ0n) is 17.0. The number of carbonyl (C=O) groups is 1. The minimum absolute atomic E-state index is 0.0616. The Morgan fingerprint density at radius 2 is 1.59 bits per heavy atom. The maximum atomic E-state index is 13.2. The predicted octanol–water partition coefficient (Wildman–Crippen LogP) is 4.24. The lowest BCUT2D eigenvalue weighted by atomic mass is 10.2. The molecule has 0 atom stereocenters. The highest BCUT2D eigenvalue weighted by atomic mass is 35.5. The SMILES string of the molecule is O=C(Nc1cccc(Cl)c1)c1cccc(S(=O)(=O)N2CCN(c3ccc(F)cc3)CC2)c1. The van der Waals surface area contributed by atoms with Crippen LogP contribution in [0.15, 0.2) is 77.7 Å². The van der Waals surface area contributed by atoms with Gasteiger partial charge in [0.15, 0.2) is 0 Å². The van der Waals surface area contributed by atoms with Gasteiger partial charge in [-0.15, -0.1) is 0 Å². The highest BCUT2D eigenvalue weighted by Gasteiger charge is 2.29. The fraction of sp³-hybridized carbons (Fsp3) is 0.174. The highest BCUT2D eigenvalue weighted by Crippen LogP contribution is 2.23. The van der Waals surface area contributed by atoms with E-state index in [0.29, 0.717) is 36.9 Å². The number of carbonyl (C=O) groups excluding carboxylic acids is 1. The number of sulfonamides is 1. The smallest absolute Gasteiger partial charge is 0.255 e. The van der Waals surface area contributed by atoms with Crippen molar-refractivity contribution in [3.8, 4) is 0 Å². The molecule has 3 aromatic carbocycles. The fourth-order valence-corrected chi connectivity index (χ4v) is 5.21. The third kappa shape index (κ3) is 4.93. The second kappa shape index (κ2) is 9.28. The molecule has 32 heavy (non-hydrogen) atoms. The van der Waals surface area contributed by atoms with Crippen molar-refractivity contribution in [2.24, 2.45) is 0 Å². The van der Waals surface area contributed by atoms with Crippen LogP contribution in [0.4, 0.5) is 15.8 Å². The molecule has 0 saturated carbocycles. The van der Waals surface area contributed by atoms with Gasteiger partial charge in [-0.1, -0.05) is 23.7 Å². The van der Waals surface area contributed by atoms with Gasteiger partial charge >= 0.3 is 0 Å². The molecule has 0 bridgehead atoms. The molecule has 0 aromatic heterocycles. The average molecular weight is 474 g/mol. The standard InChI is InChI=1S/C23H21ClFN3O3S/c24-18-4-2-5-20(16-18)26-23(29)17-3-1-6-22(15-17)32(30,31)28-13-11-27(12-14-28)21-9-7-19(25)8-10-21/h1-10,15-16H,11-14H2,(H,26,29). The lowest BCUT2D eigenvalue weighted by Gasteiger charge is -2.35. The zero-order chi connectivity index (χ0) is 22.7. The van der Waals surface area contributed by atoms with E-state index in [-0.39, 0.29) is 16.3 Å². The Kier molecular flexibility index (Phi) is 6.45. The van der Waals surface area contributed by atoms with Gasteiger partial charge in [-0.25, -0.2) is 12.8 Å². The van der Waals surface area contributed by atoms with Gasteiger partial charge in [0.25, 0.3) is 5.91 Å². The normalized spacial score (nSPS) is 14.9. The van der Waals surface area contributed by atoms with E-state index in [4.69, 9.17) is 11.6 Å². The summed E-state index contributed by atoms with van der Waals surface area (Å²) in [7, 11) is -3.76. The summed E-state index contributed by atoms with van der Waals surface area (Å²) in [6.07, 6.45) is 0. The molecule has 1 N–H and O–H groups in total. The lowest BCUT2D eigenvalue weighted by Crippen LogP contribution is -2.48. The first-order valence-corrected chi connectivity index (χ1v) is 11.8. The molecular formula is C23H21ClFN3O3S. The quantitative estimate of drug-likeness (QED) is 0.601. The maximum Gasteiger partial charge on any atom is 0.255 e. The summed E-state index contributed by atoms with van der Waals surface area (Å²) in [5.41, 5.74) is 1.60. The third-order valence-electron chi connectivity index (χ3n) is 5.25. The first kappa shape index (κ1) is 22.3. The number of rotatable bonds is 5. The number of benzene rings is 3. The zero-order valence-corrected chi connectivity index (χ0v) is 18.6. The van der Waals surface area contributed by atoms with Crippen LogP contribution in [-0.4, -0.2) is 44.8 Å². The molecule has 0 aliphatic carbocycles. The van der Waals surface area contributed by atoms with Crippen LogP contribution in [0.1, 0.15) is 10.4 Å². The molecule has 1 aliphatic rings. The van der Waals surface area contributed by atoms with Crippen LogP contribution in [0.25, 0.3) is 0 Å². The van der Waals surface area contributed by atoms with Crippen molar-refractivity contribution in [3.63, 3.8) is 0 Å². The first-order valence-electron chi connectivity index (χ1n) is 10.0. The Morgan fingerprint density at radius 1 is 0.906 bits per heavy atom. The average Bonchev–Trinajstić information content (AvgIpc) is 2.80. The van der Waals surface area contributed by atoms with Crippen molar-refractivity contribution in [1.82, 2.24) is 4.31 Å². The third-order valence-corrected chi connectivity index (χ3v) is 7.38. The molecule has 1 aliphatic heterocycles. The first-order chi connectivity index (χ1) is 15.3. The van der Waals surface area contributed by atoms with Crippen LogP contribution in [0.5, 0.6) is 0 Å². The van der Waals surface area contributed by atoms with Crippen molar-refractivity contribution >= 4 is 38.9 Å². The van der Waals surface area contributed by atoms with E-state index < -0.39 is 15.9 Å². The minimum atomic E-state index is -3.76. The van der Waals surface area contributed by atoms with Gasteiger partial charge in [0.2, 0.25) is 10.0 Å². The van der Waals surface area contributed by atoms with Crippen molar-refractivity contribution in [2.75, 3.05) is 36.4 Å². The van der Waals surface area contributed by atoms with E-state index in [1.807, 2.05) is 4.90 Å². The number of amides is 1. The Bertz CT molecular complexity index is 1230. The molecule has 166 valence electrons. The summed E-state index contributed by atoms with van der Waals surface area (Å²) in [5, 5.41) is 3.21. The molecule has 3 aromatic rings. The van der Waals surface area contributed by atoms with Crippen LogP contribution in [0, 0.1) is 5.82 Å². The Balaban J connectivity index is 1.46. The Labute approximate surface area is 191 Å². The van der Waals surface area contributed by atoms with Crippen LogP contribution >= 0.6 is 11.6 Å². The van der Waals surface area contributed by atoms with Crippen molar-refractivity contribution < 1.29 is 17.6 Å². The van der Waals surface area contributed by atoms with Gasteiger partial charge in [0.05, 0.1) is 4.90 Å². The topological polar surface area (TPSA) is 69.7 Å². The molecule has 6 nitrogen and oxygen atoms in total. The van der Waals surface area contributed by atoms with Crippen LogP contribution in [-0.2, 0) is 10.0 Å². The van der Waals surface area contributed by atoms with Gasteiger partial charge in [0.1, 0.15) is 5.82 Å². The molecule has 9 heteroatoms. The summed E-state index contributed by atoms with van der Waals surface area (Å²) in [6.45, 7) is 1.55. The van der Waals surface area contributed by atoms with E-state index in [1.165, 1.54) is 28.6 Å². The van der Waals surface area contributed by atoms with E-state index in [2.05, 4.69) is 5.32 Å². The molecular weight excluding hydrogens is 453 g/mol. The van der Waals surface area contributed by atoms with Gasteiger partial charge in [-0.2, -0.15) is 4.31 Å². The van der Waals surface area contributed by atoms with Crippen LogP contribution in [0.3, 0.4) is 0 Å². The number of piperazine rings is 1. The molecule has 1 fully saturated rings. The molecule has 0 radical (unpaired) electrons. The monoisotopic (exact) mass is 473 g/mol. The summed E-state index contributed by atoms with van der Waals surface area (Å²) >= 11 is 5.95. The van der Waals surface area contributed by atoms with E-state index in [1.54, 1.807) is 48.5 Å². The second-order valence-corrected chi connectivity index (χ2v) is 9.73. The minimum Gasteiger partial charge on any atom is -0.369 e. The summed E-state index contributed by atoms with van der Waals surface area (Å²) in [6, 6.07) is 18.8. The van der Waals surface area contributed by atoms with E-state index >= 15 is 0 Å². The van der Waals surface area contributed by atoms with Gasteiger partial charge in [0, 0.05) is 48.1 Å². The number of anilines is 2. The van der Waals surface area contributed by atoms with Gasteiger partial charge in [-0.05, 0) is 60.7 Å². The molecule has 0 spiro atoms. The number of halogens is 2. The largest absolute Gasteiger partial charge is 0.369 e. The highest BCUT2D eigenvalue weighted by molar-refractivity contribution is 7.89. The molecule has 1 heterocycles. The van der Waals surface area contributed by atoms with E-state index in [9.17, 15) is 17.6 Å². The summed E-state index contributed by atoms with van der Waals surface area (Å²) in [4.78, 5) is 14.7. The second-order valence-electron chi connectivity index (χ2n) is 7.36. The molecule has 4 rings (SSSR count). The van der Waals surface area contributed by atoms with Crippen molar-refractivity contribution in [2.45, 2.75) is 4.90 Å². The number of hydrogen-bond acceptors (Lipinski definition) is 4. The summed E-state index contributed by atoms with van der Waals surface area (Å²) in [5.74, 6) is -0.736. The molecule has 1 amide bonds.